The van der Waals surface area contributed by atoms with Crippen LogP contribution in [0, 0.1) is 0 Å². The van der Waals surface area contributed by atoms with E-state index < -0.39 is 0 Å². The summed E-state index contributed by atoms with van der Waals surface area (Å²) >= 11 is 0. The van der Waals surface area contributed by atoms with E-state index in [1.807, 2.05) is 4.90 Å². The molecular formula is C14H28Cl2N4O2. The highest BCUT2D eigenvalue weighted by Crippen LogP contribution is 2.07. The SMILES string of the molecule is CN1CCN(C(=O)CCNC(=O)[C@H]2CCCCN2)CC1.Cl.Cl. The monoisotopic (exact) mass is 354 g/mol. The Morgan fingerprint density at radius 3 is 2.41 bits per heavy atom. The Hall–Kier alpha value is -0.560. The fourth-order valence-corrected chi connectivity index (χ4v) is 2.71. The summed E-state index contributed by atoms with van der Waals surface area (Å²) in [5.74, 6) is 0.186. The van der Waals surface area contributed by atoms with Crippen molar-refractivity contribution in [3.05, 3.63) is 0 Å². The van der Waals surface area contributed by atoms with Crippen molar-refractivity contribution in [3.8, 4) is 0 Å². The molecule has 1 atom stereocenters. The molecule has 0 unspecified atom stereocenters. The molecule has 2 rings (SSSR count). The van der Waals surface area contributed by atoms with Gasteiger partial charge in [-0.05, 0) is 26.4 Å². The van der Waals surface area contributed by atoms with E-state index in [0.717, 1.165) is 52.0 Å². The highest BCUT2D eigenvalue weighted by molar-refractivity contribution is 5.85. The Kier molecular flexibility index (Phi) is 10.8. The molecule has 0 aromatic carbocycles. The number of hydrogen-bond donors (Lipinski definition) is 2. The number of amides is 2. The Bertz CT molecular complexity index is 344. The van der Waals surface area contributed by atoms with Crippen molar-refractivity contribution in [1.29, 1.82) is 0 Å². The van der Waals surface area contributed by atoms with Gasteiger partial charge in [0.25, 0.3) is 0 Å². The Labute approximate surface area is 145 Å². The molecular weight excluding hydrogens is 327 g/mol. The zero-order valence-electron chi connectivity index (χ0n) is 13.2. The van der Waals surface area contributed by atoms with E-state index in [1.54, 1.807) is 0 Å². The molecule has 2 aliphatic heterocycles. The number of piperidine rings is 1. The van der Waals surface area contributed by atoms with Crippen molar-refractivity contribution in [2.24, 2.45) is 0 Å². The van der Waals surface area contributed by atoms with Crippen molar-refractivity contribution < 1.29 is 9.59 Å². The van der Waals surface area contributed by atoms with Crippen LogP contribution in [0.25, 0.3) is 0 Å². The van der Waals surface area contributed by atoms with Gasteiger partial charge in [-0.15, -0.1) is 24.8 Å². The first kappa shape index (κ1) is 21.4. The van der Waals surface area contributed by atoms with Crippen LogP contribution in [0.5, 0.6) is 0 Å². The first-order chi connectivity index (χ1) is 9.66. The van der Waals surface area contributed by atoms with Crippen molar-refractivity contribution >= 4 is 36.6 Å². The Morgan fingerprint density at radius 2 is 1.82 bits per heavy atom. The van der Waals surface area contributed by atoms with Crippen molar-refractivity contribution in [2.75, 3.05) is 46.3 Å². The van der Waals surface area contributed by atoms with Crippen LogP contribution in [-0.2, 0) is 9.59 Å². The van der Waals surface area contributed by atoms with Gasteiger partial charge in [-0.1, -0.05) is 6.42 Å². The molecule has 0 radical (unpaired) electrons. The Balaban J connectivity index is 0.00000220. The third-order valence-electron chi connectivity index (χ3n) is 4.12. The second-order valence-corrected chi connectivity index (χ2v) is 5.73. The standard InChI is InChI=1S/C14H26N4O2.2ClH/c1-17-8-10-18(11-9-17)13(19)5-7-16-14(20)12-4-2-3-6-15-12;;/h12,15H,2-11H2,1H3,(H,16,20);2*1H/t12-;;/m1../s1. The smallest absolute Gasteiger partial charge is 0.237 e. The molecule has 2 saturated heterocycles. The molecule has 2 amide bonds. The zero-order chi connectivity index (χ0) is 14.4. The summed E-state index contributed by atoms with van der Waals surface area (Å²) in [6.07, 6.45) is 3.55. The van der Waals surface area contributed by atoms with Crippen molar-refractivity contribution in [2.45, 2.75) is 31.7 Å². The van der Waals surface area contributed by atoms with Crippen LogP contribution in [0.3, 0.4) is 0 Å². The minimum Gasteiger partial charge on any atom is -0.354 e. The molecule has 130 valence electrons. The minimum atomic E-state index is -0.0671. The predicted molar refractivity (Wildman–Crippen MR) is 91.8 cm³/mol. The van der Waals surface area contributed by atoms with Gasteiger partial charge in [-0.25, -0.2) is 0 Å². The number of nitrogens with one attached hydrogen (secondary N) is 2. The number of hydrogen-bond acceptors (Lipinski definition) is 4. The van der Waals surface area contributed by atoms with Crippen LogP contribution < -0.4 is 10.6 Å². The molecule has 0 aliphatic carbocycles. The van der Waals surface area contributed by atoms with Gasteiger partial charge in [0.05, 0.1) is 6.04 Å². The molecule has 0 aromatic heterocycles. The van der Waals surface area contributed by atoms with Crippen molar-refractivity contribution in [1.82, 2.24) is 20.4 Å². The van der Waals surface area contributed by atoms with Gasteiger partial charge >= 0.3 is 0 Å². The molecule has 0 saturated carbocycles. The lowest BCUT2D eigenvalue weighted by Gasteiger charge is -2.32. The second-order valence-electron chi connectivity index (χ2n) is 5.73. The molecule has 8 heteroatoms. The molecule has 22 heavy (non-hydrogen) atoms. The van der Waals surface area contributed by atoms with E-state index in [-0.39, 0.29) is 42.7 Å². The average molecular weight is 355 g/mol. The number of piperazine rings is 1. The number of halogens is 2. The third kappa shape index (κ3) is 6.69. The number of carbonyl (C=O) groups is 2. The second kappa shape index (κ2) is 11.0. The Morgan fingerprint density at radius 1 is 1.14 bits per heavy atom. The van der Waals surface area contributed by atoms with Crippen LogP contribution in [0.2, 0.25) is 0 Å². The number of rotatable bonds is 4. The topological polar surface area (TPSA) is 64.7 Å². The molecule has 2 fully saturated rings. The molecule has 2 heterocycles. The van der Waals surface area contributed by atoms with Gasteiger partial charge in [-0.3, -0.25) is 9.59 Å². The molecule has 0 spiro atoms. The van der Waals surface area contributed by atoms with Gasteiger partial charge < -0.3 is 20.4 Å². The summed E-state index contributed by atoms with van der Waals surface area (Å²) in [5, 5.41) is 6.08. The van der Waals surface area contributed by atoms with E-state index in [1.165, 1.54) is 0 Å². The molecule has 6 nitrogen and oxygen atoms in total. The highest BCUT2D eigenvalue weighted by Gasteiger charge is 2.21. The number of carbonyl (C=O) groups excluding carboxylic acids is 2. The predicted octanol–water partition coefficient (Wildman–Crippen LogP) is 0.252. The third-order valence-corrected chi connectivity index (χ3v) is 4.12. The van der Waals surface area contributed by atoms with E-state index in [2.05, 4.69) is 22.6 Å². The molecule has 2 aliphatic rings. The van der Waals surface area contributed by atoms with E-state index in [9.17, 15) is 9.59 Å². The maximum atomic E-state index is 12.0. The van der Waals surface area contributed by atoms with Gasteiger partial charge in [0.15, 0.2) is 0 Å². The largest absolute Gasteiger partial charge is 0.354 e. The van der Waals surface area contributed by atoms with Crippen LogP contribution in [0.15, 0.2) is 0 Å². The van der Waals surface area contributed by atoms with Crippen LogP contribution in [0.1, 0.15) is 25.7 Å². The lowest BCUT2D eigenvalue weighted by molar-refractivity contribution is -0.132. The minimum absolute atomic E-state index is 0. The maximum absolute atomic E-state index is 12.0. The summed E-state index contributed by atoms with van der Waals surface area (Å²) in [7, 11) is 2.07. The zero-order valence-corrected chi connectivity index (χ0v) is 14.8. The molecule has 2 N–H and O–H groups in total. The van der Waals surface area contributed by atoms with E-state index in [0.29, 0.717) is 13.0 Å². The first-order valence-electron chi connectivity index (χ1n) is 7.64. The summed E-state index contributed by atoms with van der Waals surface area (Å²) in [6.45, 7) is 4.83. The molecule has 0 aromatic rings. The average Bonchev–Trinajstić information content (AvgIpc) is 2.48. The van der Waals surface area contributed by atoms with Crippen molar-refractivity contribution in [3.63, 3.8) is 0 Å². The summed E-state index contributed by atoms with van der Waals surface area (Å²) in [5.41, 5.74) is 0. The van der Waals surface area contributed by atoms with Crippen LogP contribution in [0.4, 0.5) is 0 Å². The number of likely N-dealkylation sites (N-methyl/N-ethyl adjacent to an activating group) is 1. The maximum Gasteiger partial charge on any atom is 0.237 e. The van der Waals surface area contributed by atoms with Gasteiger partial charge in [0.2, 0.25) is 11.8 Å². The van der Waals surface area contributed by atoms with Crippen LogP contribution >= 0.6 is 24.8 Å². The highest BCUT2D eigenvalue weighted by atomic mass is 35.5. The number of nitrogens with zero attached hydrogens (tertiary/aromatic N) is 2. The first-order valence-corrected chi connectivity index (χ1v) is 7.64. The summed E-state index contributed by atoms with van der Waals surface area (Å²) in [4.78, 5) is 28.0. The van der Waals surface area contributed by atoms with E-state index >= 15 is 0 Å². The summed E-state index contributed by atoms with van der Waals surface area (Å²) in [6, 6.07) is -0.0671. The fourth-order valence-electron chi connectivity index (χ4n) is 2.71. The fraction of sp³-hybridized carbons (Fsp3) is 0.857. The molecule has 0 bridgehead atoms. The van der Waals surface area contributed by atoms with E-state index in [4.69, 9.17) is 0 Å². The lowest BCUT2D eigenvalue weighted by atomic mass is 10.0. The normalized spacial score (nSPS) is 22.2. The van der Waals surface area contributed by atoms with Crippen LogP contribution in [-0.4, -0.2) is 74.0 Å². The quantitative estimate of drug-likeness (QED) is 0.759. The van der Waals surface area contributed by atoms with Gasteiger partial charge in [0, 0.05) is 39.1 Å². The van der Waals surface area contributed by atoms with Gasteiger partial charge in [-0.2, -0.15) is 0 Å². The van der Waals surface area contributed by atoms with Gasteiger partial charge in [0.1, 0.15) is 0 Å². The lowest BCUT2D eigenvalue weighted by Crippen LogP contribution is -2.49. The summed E-state index contributed by atoms with van der Waals surface area (Å²) < 4.78 is 0.